The van der Waals surface area contributed by atoms with Crippen LogP contribution >= 0.6 is 0 Å². The third-order valence-electron chi connectivity index (χ3n) is 4.82. The molecule has 2 nitrogen and oxygen atoms in total. The third-order valence-corrected chi connectivity index (χ3v) is 4.82. The van der Waals surface area contributed by atoms with Crippen LogP contribution in [0.2, 0.25) is 0 Å². The number of rotatable bonds is 3. The van der Waals surface area contributed by atoms with Crippen LogP contribution in [0.1, 0.15) is 59.8 Å². The monoisotopic (exact) mass is 278 g/mol. The Morgan fingerprint density at radius 2 is 2.15 bits per heavy atom. The van der Waals surface area contributed by atoms with Crippen molar-refractivity contribution in [3.05, 3.63) is 23.8 Å². The van der Waals surface area contributed by atoms with Gasteiger partial charge in [-0.25, -0.2) is 0 Å². The number of carboxylic acid groups (broad SMARTS) is 1. The van der Waals surface area contributed by atoms with E-state index in [1.165, 1.54) is 25.7 Å². The first kappa shape index (κ1) is 17.0. The minimum absolute atomic E-state index is 0.181. The Morgan fingerprint density at radius 3 is 2.65 bits per heavy atom. The van der Waals surface area contributed by atoms with E-state index in [9.17, 15) is 4.79 Å². The summed E-state index contributed by atoms with van der Waals surface area (Å²) >= 11 is 0. The van der Waals surface area contributed by atoms with Crippen molar-refractivity contribution in [2.45, 2.75) is 59.8 Å². The van der Waals surface area contributed by atoms with Gasteiger partial charge in [0.05, 0.1) is 5.92 Å². The van der Waals surface area contributed by atoms with Crippen LogP contribution in [0.5, 0.6) is 0 Å². The first-order valence-electron chi connectivity index (χ1n) is 8.12. The van der Waals surface area contributed by atoms with Gasteiger partial charge in [-0.3, -0.25) is 4.79 Å². The fraction of sp³-hybridized carbons (Fsp3) is 0.722. The maximum atomic E-state index is 9.93. The molecule has 2 aliphatic rings. The van der Waals surface area contributed by atoms with Crippen molar-refractivity contribution in [3.63, 3.8) is 0 Å². The van der Waals surface area contributed by atoms with Gasteiger partial charge in [0.25, 0.3) is 0 Å². The molecule has 20 heavy (non-hydrogen) atoms. The van der Waals surface area contributed by atoms with Crippen molar-refractivity contribution >= 4 is 5.97 Å². The van der Waals surface area contributed by atoms with Crippen LogP contribution in [0.15, 0.2) is 23.8 Å². The van der Waals surface area contributed by atoms with E-state index in [0.29, 0.717) is 0 Å². The van der Waals surface area contributed by atoms with Gasteiger partial charge in [0.15, 0.2) is 0 Å². The van der Waals surface area contributed by atoms with E-state index in [1.807, 2.05) is 6.92 Å². The van der Waals surface area contributed by atoms with Gasteiger partial charge in [-0.05, 0) is 49.0 Å². The van der Waals surface area contributed by atoms with Crippen molar-refractivity contribution in [1.29, 1.82) is 0 Å². The van der Waals surface area contributed by atoms with Crippen LogP contribution in [-0.2, 0) is 4.79 Å². The van der Waals surface area contributed by atoms with E-state index in [2.05, 4.69) is 32.1 Å². The van der Waals surface area contributed by atoms with E-state index < -0.39 is 5.97 Å². The van der Waals surface area contributed by atoms with Gasteiger partial charge in [-0.15, -0.1) is 0 Å². The summed E-state index contributed by atoms with van der Waals surface area (Å²) in [6, 6.07) is 0. The molecule has 114 valence electrons. The van der Waals surface area contributed by atoms with Crippen molar-refractivity contribution in [3.8, 4) is 0 Å². The Kier molecular flexibility index (Phi) is 7.04. The molecule has 0 aromatic heterocycles. The Labute approximate surface area is 124 Å². The number of hydrogen-bond acceptors (Lipinski definition) is 1. The Hall–Kier alpha value is -1.05. The zero-order valence-corrected chi connectivity index (χ0v) is 13.4. The molecule has 2 heteroatoms. The SMILES string of the molecule is CCC(C)C(=O)O.CCC1C(C)C=CC2=CCCCC21. The van der Waals surface area contributed by atoms with E-state index in [1.54, 1.807) is 12.5 Å². The molecule has 0 fully saturated rings. The Morgan fingerprint density at radius 1 is 1.45 bits per heavy atom. The van der Waals surface area contributed by atoms with Crippen LogP contribution in [0.25, 0.3) is 0 Å². The first-order chi connectivity index (χ1) is 9.51. The minimum Gasteiger partial charge on any atom is -0.481 e. The summed E-state index contributed by atoms with van der Waals surface area (Å²) in [7, 11) is 0. The number of aliphatic carboxylic acids is 1. The molecule has 2 rings (SSSR count). The summed E-state index contributed by atoms with van der Waals surface area (Å²) in [5.41, 5.74) is 1.64. The van der Waals surface area contributed by atoms with Crippen LogP contribution in [0, 0.1) is 23.7 Å². The highest BCUT2D eigenvalue weighted by Crippen LogP contribution is 2.41. The molecule has 0 aromatic carbocycles. The first-order valence-corrected chi connectivity index (χ1v) is 8.12. The number of carboxylic acids is 1. The van der Waals surface area contributed by atoms with Gasteiger partial charge in [0.2, 0.25) is 0 Å². The maximum Gasteiger partial charge on any atom is 0.306 e. The summed E-state index contributed by atoms with van der Waals surface area (Å²) < 4.78 is 0. The second-order valence-electron chi connectivity index (χ2n) is 6.18. The van der Waals surface area contributed by atoms with E-state index in [4.69, 9.17) is 5.11 Å². The molecule has 0 radical (unpaired) electrons. The molecule has 0 saturated heterocycles. The summed E-state index contributed by atoms with van der Waals surface area (Å²) in [5.74, 6) is 1.71. The zero-order valence-electron chi connectivity index (χ0n) is 13.4. The molecule has 4 unspecified atom stereocenters. The summed E-state index contributed by atoms with van der Waals surface area (Å²) in [5, 5.41) is 8.18. The topological polar surface area (TPSA) is 37.3 Å². The lowest BCUT2D eigenvalue weighted by Crippen LogP contribution is -2.26. The van der Waals surface area contributed by atoms with Crippen LogP contribution < -0.4 is 0 Å². The quantitative estimate of drug-likeness (QED) is 0.783. The van der Waals surface area contributed by atoms with Gasteiger partial charge in [-0.1, -0.05) is 52.3 Å². The summed E-state index contributed by atoms with van der Waals surface area (Å²) in [6.45, 7) is 8.27. The van der Waals surface area contributed by atoms with Crippen molar-refractivity contribution in [2.24, 2.45) is 23.7 Å². The second-order valence-corrected chi connectivity index (χ2v) is 6.18. The van der Waals surface area contributed by atoms with E-state index in [-0.39, 0.29) is 5.92 Å². The van der Waals surface area contributed by atoms with E-state index >= 15 is 0 Å². The fourth-order valence-electron chi connectivity index (χ4n) is 3.18. The van der Waals surface area contributed by atoms with E-state index in [0.717, 1.165) is 24.2 Å². The molecule has 0 heterocycles. The highest BCUT2D eigenvalue weighted by molar-refractivity contribution is 5.69. The third kappa shape index (κ3) is 4.50. The number of hydrogen-bond donors (Lipinski definition) is 1. The molecule has 0 aliphatic heterocycles. The lowest BCUT2D eigenvalue weighted by Gasteiger charge is -2.36. The predicted molar refractivity (Wildman–Crippen MR) is 84.6 cm³/mol. The average Bonchev–Trinajstić information content (AvgIpc) is 2.47. The average molecular weight is 278 g/mol. The summed E-state index contributed by atoms with van der Waals surface area (Å²) in [4.78, 5) is 9.93. The minimum atomic E-state index is -0.706. The second kappa shape index (κ2) is 8.28. The largest absolute Gasteiger partial charge is 0.481 e. The lowest BCUT2D eigenvalue weighted by atomic mass is 9.69. The van der Waals surface area contributed by atoms with Crippen molar-refractivity contribution < 1.29 is 9.90 Å². The number of fused-ring (bicyclic) bond motifs is 1. The Balaban J connectivity index is 0.000000246. The summed E-state index contributed by atoms with van der Waals surface area (Å²) in [6.07, 6.45) is 13.4. The van der Waals surface area contributed by atoms with Crippen molar-refractivity contribution in [1.82, 2.24) is 0 Å². The molecule has 0 bridgehead atoms. The molecule has 0 aromatic rings. The molecule has 0 saturated carbocycles. The number of allylic oxidation sites excluding steroid dienone is 4. The molecule has 0 spiro atoms. The normalized spacial score (nSPS) is 29.6. The predicted octanol–water partition coefficient (Wildman–Crippen LogP) is 5.06. The van der Waals surface area contributed by atoms with Crippen LogP contribution in [0.3, 0.4) is 0 Å². The van der Waals surface area contributed by atoms with Crippen LogP contribution in [-0.4, -0.2) is 11.1 Å². The van der Waals surface area contributed by atoms with Crippen LogP contribution in [0.4, 0.5) is 0 Å². The fourth-order valence-corrected chi connectivity index (χ4v) is 3.18. The molecular weight excluding hydrogens is 248 g/mol. The van der Waals surface area contributed by atoms with Crippen molar-refractivity contribution in [2.75, 3.05) is 0 Å². The maximum absolute atomic E-state index is 9.93. The van der Waals surface area contributed by atoms with Gasteiger partial charge >= 0.3 is 5.97 Å². The van der Waals surface area contributed by atoms with Gasteiger partial charge in [0.1, 0.15) is 0 Å². The smallest absolute Gasteiger partial charge is 0.306 e. The highest BCUT2D eigenvalue weighted by Gasteiger charge is 2.30. The van der Waals surface area contributed by atoms with Gasteiger partial charge in [-0.2, -0.15) is 0 Å². The highest BCUT2D eigenvalue weighted by atomic mass is 16.4. The van der Waals surface area contributed by atoms with Gasteiger partial charge in [0, 0.05) is 0 Å². The molecule has 4 atom stereocenters. The zero-order chi connectivity index (χ0) is 15.1. The molecule has 2 aliphatic carbocycles. The molecular formula is C18H30O2. The Bertz CT molecular complexity index is 368. The standard InChI is InChI=1S/C13H20.C5H10O2/c1-3-12-10(2)8-9-11-6-4-5-7-13(11)12;1-3-4(2)5(6)7/h6,8-10,12-13H,3-5,7H2,1-2H3;4H,3H2,1-2H3,(H,6,7). The van der Waals surface area contributed by atoms with Gasteiger partial charge < -0.3 is 5.11 Å². The molecule has 1 N–H and O–H groups in total. The lowest BCUT2D eigenvalue weighted by molar-refractivity contribution is -0.141. The molecule has 0 amide bonds. The number of carbonyl (C=O) groups is 1.